The van der Waals surface area contributed by atoms with E-state index in [0.717, 1.165) is 15.6 Å². The summed E-state index contributed by atoms with van der Waals surface area (Å²) < 4.78 is 0.856. The molecule has 1 rings (SSSR count). The summed E-state index contributed by atoms with van der Waals surface area (Å²) in [5.41, 5.74) is 0.0434. The van der Waals surface area contributed by atoms with Gasteiger partial charge in [-0.15, -0.1) is 0 Å². The maximum absolute atomic E-state index is 5.00. The van der Waals surface area contributed by atoms with Gasteiger partial charge < -0.3 is 5.32 Å². The molecular weight excluding hydrogens is 162 g/mol. The van der Waals surface area contributed by atoms with Crippen LogP contribution in [-0.4, -0.2) is 9.86 Å². The minimum absolute atomic E-state index is 0.0434. The topological polar surface area (TPSA) is 12.0 Å². The molecule has 0 aromatic heterocycles. The molecule has 1 nitrogen and oxygen atoms in total. The Morgan fingerprint density at radius 1 is 1.80 bits per heavy atom. The third-order valence-electron chi connectivity index (χ3n) is 1.92. The summed E-state index contributed by atoms with van der Waals surface area (Å²) in [4.78, 5) is 1.14. The van der Waals surface area contributed by atoms with Crippen molar-refractivity contribution in [2.45, 2.75) is 25.8 Å². The van der Waals surface area contributed by atoms with Gasteiger partial charge >= 0.3 is 0 Å². The average molecular weight is 173 g/mol. The molecule has 1 aliphatic heterocycles. The highest BCUT2D eigenvalue weighted by atomic mass is 32.2. The van der Waals surface area contributed by atoms with E-state index in [1.165, 1.54) is 0 Å². The van der Waals surface area contributed by atoms with Crippen molar-refractivity contribution in [2.24, 2.45) is 0 Å². The first kappa shape index (κ1) is 8.08. The Kier molecular flexibility index (Phi) is 2.06. The standard InChI is InChI=1S/C7H11NS2/c1-4-7(3)5(2)10-6(9)8-7/h2,4H2,1,3H3,(H,8,9)/t7-/m1/s1. The van der Waals surface area contributed by atoms with Crippen LogP contribution in [0.3, 0.4) is 0 Å². The Hall–Kier alpha value is -0.0200. The van der Waals surface area contributed by atoms with Crippen LogP contribution < -0.4 is 5.32 Å². The second-order valence-corrected chi connectivity index (χ2v) is 4.40. The lowest BCUT2D eigenvalue weighted by Gasteiger charge is -2.22. The lowest BCUT2D eigenvalue weighted by Crippen LogP contribution is -2.37. The van der Waals surface area contributed by atoms with Gasteiger partial charge in [-0.3, -0.25) is 0 Å². The van der Waals surface area contributed by atoms with Gasteiger partial charge in [-0.05, 0) is 13.3 Å². The normalized spacial score (nSPS) is 32.6. The molecule has 1 aliphatic rings. The zero-order chi connectivity index (χ0) is 7.78. The van der Waals surface area contributed by atoms with Crippen molar-refractivity contribution in [3.63, 3.8) is 0 Å². The third kappa shape index (κ3) is 1.20. The van der Waals surface area contributed by atoms with Crippen LogP contribution in [0.5, 0.6) is 0 Å². The summed E-state index contributed by atoms with van der Waals surface area (Å²) in [5, 5.41) is 3.22. The predicted molar refractivity (Wildman–Crippen MR) is 51.2 cm³/mol. The lowest BCUT2D eigenvalue weighted by molar-refractivity contribution is 0.509. The molecule has 1 atom stereocenters. The first-order valence-electron chi connectivity index (χ1n) is 3.28. The van der Waals surface area contributed by atoms with E-state index in [-0.39, 0.29) is 5.54 Å². The molecule has 56 valence electrons. The number of hydrogen-bond acceptors (Lipinski definition) is 2. The molecule has 0 radical (unpaired) electrons. The Balaban J connectivity index is 2.80. The number of thioether (sulfide) groups is 1. The van der Waals surface area contributed by atoms with Crippen LogP contribution in [0.1, 0.15) is 20.3 Å². The van der Waals surface area contributed by atoms with Gasteiger partial charge in [0, 0.05) is 4.91 Å². The Labute approximate surface area is 71.3 Å². The molecule has 0 spiro atoms. The van der Waals surface area contributed by atoms with Gasteiger partial charge in [0.2, 0.25) is 0 Å². The lowest BCUT2D eigenvalue weighted by atomic mass is 10.00. The van der Waals surface area contributed by atoms with Crippen LogP contribution in [-0.2, 0) is 0 Å². The zero-order valence-corrected chi connectivity index (χ0v) is 7.86. The Morgan fingerprint density at radius 2 is 2.40 bits per heavy atom. The first-order valence-corrected chi connectivity index (χ1v) is 4.50. The quantitative estimate of drug-likeness (QED) is 0.611. The van der Waals surface area contributed by atoms with Crippen molar-refractivity contribution >= 4 is 28.3 Å². The second kappa shape index (κ2) is 2.55. The molecule has 1 N–H and O–H groups in total. The molecule has 1 heterocycles. The van der Waals surface area contributed by atoms with Crippen molar-refractivity contribution in [2.75, 3.05) is 0 Å². The highest BCUT2D eigenvalue weighted by Gasteiger charge is 2.33. The summed E-state index contributed by atoms with van der Waals surface area (Å²) in [7, 11) is 0. The summed E-state index contributed by atoms with van der Waals surface area (Å²) in [6, 6.07) is 0. The van der Waals surface area contributed by atoms with Crippen LogP contribution in [0.2, 0.25) is 0 Å². The van der Waals surface area contributed by atoms with Crippen LogP contribution in [0.4, 0.5) is 0 Å². The maximum Gasteiger partial charge on any atom is 0.139 e. The minimum atomic E-state index is 0.0434. The van der Waals surface area contributed by atoms with Gasteiger partial charge in [0.05, 0.1) is 5.54 Å². The molecule has 3 heteroatoms. The zero-order valence-electron chi connectivity index (χ0n) is 6.23. The van der Waals surface area contributed by atoms with Crippen molar-refractivity contribution in [3.8, 4) is 0 Å². The average Bonchev–Trinajstić information content (AvgIpc) is 2.09. The summed E-state index contributed by atoms with van der Waals surface area (Å²) in [5.74, 6) is 0. The molecule has 0 bridgehead atoms. The SMILES string of the molecule is C=C1SC(=S)N[C@]1(C)CC. The van der Waals surface area contributed by atoms with Gasteiger partial charge in [0.1, 0.15) is 4.32 Å². The minimum Gasteiger partial charge on any atom is -0.361 e. The highest BCUT2D eigenvalue weighted by Crippen LogP contribution is 2.36. The number of nitrogens with one attached hydrogen (secondary N) is 1. The summed E-state index contributed by atoms with van der Waals surface area (Å²) in [6.45, 7) is 8.20. The summed E-state index contributed by atoms with van der Waals surface area (Å²) >= 11 is 6.58. The van der Waals surface area contributed by atoms with Crippen LogP contribution in [0.15, 0.2) is 11.5 Å². The van der Waals surface area contributed by atoms with E-state index < -0.39 is 0 Å². The van der Waals surface area contributed by atoms with Crippen molar-refractivity contribution in [1.82, 2.24) is 5.32 Å². The van der Waals surface area contributed by atoms with E-state index in [9.17, 15) is 0 Å². The second-order valence-electron chi connectivity index (χ2n) is 2.62. The molecular formula is C7H11NS2. The summed E-state index contributed by atoms with van der Waals surface area (Å²) in [6.07, 6.45) is 1.04. The van der Waals surface area contributed by atoms with Gasteiger partial charge in [0.15, 0.2) is 0 Å². The van der Waals surface area contributed by atoms with E-state index >= 15 is 0 Å². The fraction of sp³-hybridized carbons (Fsp3) is 0.571. The van der Waals surface area contributed by atoms with E-state index in [4.69, 9.17) is 12.2 Å². The van der Waals surface area contributed by atoms with Gasteiger partial charge in [-0.25, -0.2) is 0 Å². The molecule has 10 heavy (non-hydrogen) atoms. The molecule has 0 aliphatic carbocycles. The maximum atomic E-state index is 5.00. The molecule has 1 fully saturated rings. The fourth-order valence-electron chi connectivity index (χ4n) is 0.831. The van der Waals surface area contributed by atoms with Crippen LogP contribution in [0.25, 0.3) is 0 Å². The number of thiocarbonyl (C=S) groups is 1. The smallest absolute Gasteiger partial charge is 0.139 e. The van der Waals surface area contributed by atoms with Gasteiger partial charge in [-0.1, -0.05) is 37.5 Å². The van der Waals surface area contributed by atoms with E-state index in [2.05, 4.69) is 25.7 Å². The Bertz CT molecular complexity index is 188. The molecule has 0 unspecified atom stereocenters. The van der Waals surface area contributed by atoms with E-state index in [1.807, 2.05) is 0 Å². The van der Waals surface area contributed by atoms with Crippen molar-refractivity contribution in [3.05, 3.63) is 11.5 Å². The van der Waals surface area contributed by atoms with Crippen LogP contribution in [0, 0.1) is 0 Å². The molecule has 0 saturated carbocycles. The largest absolute Gasteiger partial charge is 0.361 e. The van der Waals surface area contributed by atoms with Crippen molar-refractivity contribution < 1.29 is 0 Å². The van der Waals surface area contributed by atoms with Gasteiger partial charge in [0.25, 0.3) is 0 Å². The third-order valence-corrected chi connectivity index (χ3v) is 3.25. The van der Waals surface area contributed by atoms with E-state index in [1.54, 1.807) is 11.8 Å². The Morgan fingerprint density at radius 3 is 2.60 bits per heavy atom. The van der Waals surface area contributed by atoms with E-state index in [0.29, 0.717) is 0 Å². The molecule has 0 aromatic rings. The molecule has 0 amide bonds. The fourth-order valence-corrected chi connectivity index (χ4v) is 2.28. The van der Waals surface area contributed by atoms with Crippen LogP contribution >= 0.6 is 24.0 Å². The highest BCUT2D eigenvalue weighted by molar-refractivity contribution is 8.25. The molecule has 0 aromatic carbocycles. The predicted octanol–water partition coefficient (Wildman–Crippen LogP) is 2.29. The van der Waals surface area contributed by atoms with Gasteiger partial charge in [-0.2, -0.15) is 0 Å². The monoisotopic (exact) mass is 173 g/mol. The van der Waals surface area contributed by atoms with Crippen molar-refractivity contribution in [1.29, 1.82) is 0 Å². The first-order chi connectivity index (χ1) is 4.58. The molecule has 1 saturated heterocycles. The number of rotatable bonds is 1. The number of hydrogen-bond donors (Lipinski definition) is 1.